The number of carbonyl (C=O) groups is 1. The average Bonchev–Trinajstić information content (AvgIpc) is 3.21. The molecule has 1 aliphatic heterocycles. The Kier molecular flexibility index (Phi) is 3.53. The zero-order valence-electron chi connectivity index (χ0n) is 13.0. The van der Waals surface area contributed by atoms with Crippen molar-refractivity contribution in [3.05, 3.63) is 58.7 Å². The number of H-pyrrole nitrogens is 2. The van der Waals surface area contributed by atoms with Crippen LogP contribution in [0.3, 0.4) is 0 Å². The molecule has 1 aromatic carbocycles. The minimum atomic E-state index is -0.407. The first-order chi connectivity index (χ1) is 11.7. The van der Waals surface area contributed by atoms with Crippen molar-refractivity contribution < 1.29 is 4.79 Å². The molecular weight excluding hydrogens is 306 g/mol. The predicted octanol–water partition coefficient (Wildman–Crippen LogP) is 2.16. The molecule has 0 unspecified atom stereocenters. The Morgan fingerprint density at radius 2 is 2.12 bits per heavy atom. The number of nitrogens with one attached hydrogen (secondary N) is 3. The Morgan fingerprint density at radius 3 is 2.92 bits per heavy atom. The topological polar surface area (TPSA) is 95.6 Å². The minimum absolute atomic E-state index is 0.193. The van der Waals surface area contributed by atoms with Crippen molar-refractivity contribution in [2.24, 2.45) is 0 Å². The van der Waals surface area contributed by atoms with Crippen LogP contribution in [0.25, 0.3) is 11.3 Å². The van der Waals surface area contributed by atoms with Gasteiger partial charge in [0.05, 0.1) is 11.4 Å². The van der Waals surface area contributed by atoms with Gasteiger partial charge < -0.3 is 19.9 Å². The number of carbonyl (C=O) groups excluding carboxylic acids is 1. The molecule has 7 heteroatoms. The summed E-state index contributed by atoms with van der Waals surface area (Å²) in [7, 11) is 0. The van der Waals surface area contributed by atoms with Gasteiger partial charge in [0.2, 0.25) is 0 Å². The first-order valence-electron chi connectivity index (χ1n) is 7.95. The van der Waals surface area contributed by atoms with Crippen LogP contribution in [0.2, 0.25) is 0 Å². The molecule has 3 heterocycles. The molecule has 0 saturated heterocycles. The zero-order valence-corrected chi connectivity index (χ0v) is 13.0. The van der Waals surface area contributed by atoms with E-state index in [4.69, 9.17) is 4.98 Å². The molecule has 3 N–H and O–H groups in total. The normalized spacial score (nSPS) is 13.5. The van der Waals surface area contributed by atoms with E-state index in [-0.39, 0.29) is 11.6 Å². The van der Waals surface area contributed by atoms with Gasteiger partial charge in [0, 0.05) is 30.9 Å². The fraction of sp³-hybridized carbons (Fsp3) is 0.235. The summed E-state index contributed by atoms with van der Waals surface area (Å²) >= 11 is 0. The molecular formula is C17H17N5O2. The summed E-state index contributed by atoms with van der Waals surface area (Å²) in [5, 5.41) is 2.84. The number of aromatic amines is 2. The summed E-state index contributed by atoms with van der Waals surface area (Å²) in [6, 6.07) is 7.54. The third-order valence-corrected chi connectivity index (χ3v) is 4.20. The predicted molar refractivity (Wildman–Crippen MR) is 90.0 cm³/mol. The monoisotopic (exact) mass is 323 g/mol. The van der Waals surface area contributed by atoms with Gasteiger partial charge in [-0.3, -0.25) is 4.79 Å². The lowest BCUT2D eigenvalue weighted by atomic mass is 10.1. The molecule has 3 aromatic rings. The lowest BCUT2D eigenvalue weighted by Crippen LogP contribution is -2.14. The van der Waals surface area contributed by atoms with Crippen molar-refractivity contribution in [1.82, 2.24) is 19.5 Å². The van der Waals surface area contributed by atoms with Gasteiger partial charge in [-0.2, -0.15) is 0 Å². The van der Waals surface area contributed by atoms with Crippen molar-refractivity contribution in [2.75, 3.05) is 5.32 Å². The van der Waals surface area contributed by atoms with Crippen LogP contribution in [0, 0.1) is 0 Å². The smallest absolute Gasteiger partial charge is 0.323 e. The SMILES string of the molecule is O=C(Nc1ccccc1-c1cn2c(n1)CCCC2)c1c[nH]c(=O)[nH]1. The number of benzene rings is 1. The molecule has 0 spiro atoms. The highest BCUT2D eigenvalue weighted by Crippen LogP contribution is 2.29. The number of imidazole rings is 2. The molecule has 0 saturated carbocycles. The van der Waals surface area contributed by atoms with E-state index in [1.165, 1.54) is 12.6 Å². The highest BCUT2D eigenvalue weighted by molar-refractivity contribution is 6.04. The zero-order chi connectivity index (χ0) is 16.5. The number of amides is 1. The fourth-order valence-corrected chi connectivity index (χ4v) is 3.00. The molecule has 0 radical (unpaired) electrons. The van der Waals surface area contributed by atoms with Crippen LogP contribution in [0.4, 0.5) is 5.69 Å². The molecule has 122 valence electrons. The van der Waals surface area contributed by atoms with E-state index in [0.29, 0.717) is 5.69 Å². The third-order valence-electron chi connectivity index (χ3n) is 4.20. The molecule has 1 amide bonds. The summed E-state index contributed by atoms with van der Waals surface area (Å²) < 4.78 is 2.18. The number of fused-ring (bicyclic) bond motifs is 1. The van der Waals surface area contributed by atoms with E-state index in [9.17, 15) is 9.59 Å². The van der Waals surface area contributed by atoms with E-state index in [1.54, 1.807) is 0 Å². The van der Waals surface area contributed by atoms with Gasteiger partial charge in [-0.05, 0) is 18.9 Å². The number of hydrogen-bond acceptors (Lipinski definition) is 3. The summed E-state index contributed by atoms with van der Waals surface area (Å²) in [6.07, 6.45) is 6.71. The van der Waals surface area contributed by atoms with Gasteiger partial charge in [0.25, 0.3) is 5.91 Å². The molecule has 4 rings (SSSR count). The summed E-state index contributed by atoms with van der Waals surface area (Å²) in [5.41, 5.74) is 2.17. The number of aromatic nitrogens is 4. The average molecular weight is 323 g/mol. The summed E-state index contributed by atoms with van der Waals surface area (Å²) in [6.45, 7) is 0.988. The van der Waals surface area contributed by atoms with E-state index in [2.05, 4.69) is 19.9 Å². The number of aryl methyl sites for hydroxylation is 2. The van der Waals surface area contributed by atoms with Crippen LogP contribution in [-0.4, -0.2) is 25.4 Å². The van der Waals surface area contributed by atoms with E-state index in [0.717, 1.165) is 36.5 Å². The molecule has 0 bridgehead atoms. The molecule has 0 aliphatic carbocycles. The van der Waals surface area contributed by atoms with E-state index in [1.807, 2.05) is 30.5 Å². The molecule has 0 atom stereocenters. The van der Waals surface area contributed by atoms with E-state index < -0.39 is 5.69 Å². The number of hydrogen-bond donors (Lipinski definition) is 3. The molecule has 0 fully saturated rings. The number of nitrogens with zero attached hydrogens (tertiary/aromatic N) is 2. The van der Waals surface area contributed by atoms with E-state index >= 15 is 0 Å². The number of anilines is 1. The Hall–Kier alpha value is -3.09. The van der Waals surface area contributed by atoms with Crippen LogP contribution in [-0.2, 0) is 13.0 Å². The first kappa shape index (κ1) is 14.5. The van der Waals surface area contributed by atoms with Crippen LogP contribution in [0.15, 0.2) is 41.5 Å². The third kappa shape index (κ3) is 2.64. The van der Waals surface area contributed by atoms with Gasteiger partial charge in [-0.25, -0.2) is 9.78 Å². The van der Waals surface area contributed by atoms with Gasteiger partial charge in [-0.1, -0.05) is 18.2 Å². The van der Waals surface area contributed by atoms with Crippen LogP contribution < -0.4 is 11.0 Å². The van der Waals surface area contributed by atoms with Crippen molar-refractivity contribution in [3.8, 4) is 11.3 Å². The maximum absolute atomic E-state index is 12.3. The second kappa shape index (κ2) is 5.84. The highest BCUT2D eigenvalue weighted by Gasteiger charge is 2.16. The lowest BCUT2D eigenvalue weighted by molar-refractivity contribution is 0.102. The molecule has 24 heavy (non-hydrogen) atoms. The van der Waals surface area contributed by atoms with Crippen molar-refractivity contribution in [3.63, 3.8) is 0 Å². The second-order valence-electron chi connectivity index (χ2n) is 5.85. The van der Waals surface area contributed by atoms with Crippen LogP contribution in [0.1, 0.15) is 29.2 Å². The Bertz CT molecular complexity index is 926. The van der Waals surface area contributed by atoms with Gasteiger partial charge in [-0.15, -0.1) is 0 Å². The minimum Gasteiger partial charge on any atom is -0.334 e. The first-order valence-corrected chi connectivity index (χ1v) is 7.95. The lowest BCUT2D eigenvalue weighted by Gasteiger charge is -2.11. The van der Waals surface area contributed by atoms with Crippen LogP contribution in [0.5, 0.6) is 0 Å². The fourth-order valence-electron chi connectivity index (χ4n) is 3.00. The van der Waals surface area contributed by atoms with Gasteiger partial charge >= 0.3 is 5.69 Å². The summed E-state index contributed by atoms with van der Waals surface area (Å²) in [4.78, 5) is 33.0. The Labute approximate surface area is 137 Å². The van der Waals surface area contributed by atoms with Crippen molar-refractivity contribution >= 4 is 11.6 Å². The quantitative estimate of drug-likeness (QED) is 0.689. The number of rotatable bonds is 3. The number of para-hydroxylation sites is 1. The van der Waals surface area contributed by atoms with Crippen molar-refractivity contribution in [1.29, 1.82) is 0 Å². The molecule has 7 nitrogen and oxygen atoms in total. The highest BCUT2D eigenvalue weighted by atomic mass is 16.2. The second-order valence-corrected chi connectivity index (χ2v) is 5.85. The standard InChI is InChI=1S/C17H17N5O2/c23-16(13-9-18-17(24)21-13)20-12-6-2-1-5-11(12)14-10-22-8-4-3-7-15(22)19-14/h1-2,5-6,9-10H,3-4,7-8H2,(H,20,23)(H2,18,21,24). The maximum atomic E-state index is 12.3. The van der Waals surface area contributed by atoms with Gasteiger partial charge in [0.1, 0.15) is 11.5 Å². The Morgan fingerprint density at radius 1 is 1.25 bits per heavy atom. The Balaban J connectivity index is 1.66. The van der Waals surface area contributed by atoms with Crippen molar-refractivity contribution in [2.45, 2.75) is 25.8 Å². The molecule has 1 aliphatic rings. The molecule has 2 aromatic heterocycles. The van der Waals surface area contributed by atoms with Crippen LogP contribution >= 0.6 is 0 Å². The van der Waals surface area contributed by atoms with Gasteiger partial charge in [0.15, 0.2) is 0 Å². The largest absolute Gasteiger partial charge is 0.334 e. The summed E-state index contributed by atoms with van der Waals surface area (Å²) in [5.74, 6) is 0.720. The maximum Gasteiger partial charge on any atom is 0.323 e.